The number of carbonyl (C=O) groups is 2. The molecule has 1 fully saturated rings. The van der Waals surface area contributed by atoms with Gasteiger partial charge in [0.25, 0.3) is 0 Å². The van der Waals surface area contributed by atoms with E-state index in [1.165, 1.54) is 6.92 Å². The normalized spacial score (nSPS) is 13.0. The van der Waals surface area contributed by atoms with Crippen molar-refractivity contribution < 1.29 is 14.3 Å². The molecule has 2 aromatic heterocycles. The van der Waals surface area contributed by atoms with E-state index in [1.54, 1.807) is 30.5 Å². The van der Waals surface area contributed by atoms with E-state index in [0.29, 0.717) is 36.1 Å². The van der Waals surface area contributed by atoms with Crippen molar-refractivity contribution in [1.82, 2.24) is 15.0 Å². The smallest absolute Gasteiger partial charge is 0.323 e. The Balaban J connectivity index is 1.25. The summed E-state index contributed by atoms with van der Waals surface area (Å²) in [6.07, 6.45) is 1.80. The van der Waals surface area contributed by atoms with Gasteiger partial charge in [0, 0.05) is 65.5 Å². The Morgan fingerprint density at radius 3 is 2.07 bits per heavy atom. The van der Waals surface area contributed by atoms with Gasteiger partial charge in [0.15, 0.2) is 5.82 Å². The van der Waals surface area contributed by atoms with Crippen molar-refractivity contribution in [3.05, 3.63) is 90.8 Å². The van der Waals surface area contributed by atoms with Crippen LogP contribution in [-0.2, 0) is 9.53 Å². The number of urea groups is 1. The minimum absolute atomic E-state index is 0.155. The summed E-state index contributed by atoms with van der Waals surface area (Å²) in [5.41, 5.74) is 6.63. The van der Waals surface area contributed by atoms with Crippen molar-refractivity contribution in [2.45, 2.75) is 13.8 Å². The van der Waals surface area contributed by atoms with Crippen LogP contribution in [-0.4, -0.2) is 53.2 Å². The molecular formula is C33H31N7O3. The van der Waals surface area contributed by atoms with Crippen LogP contribution in [0.1, 0.15) is 12.6 Å². The topological polar surface area (TPSA) is 121 Å². The fourth-order valence-corrected chi connectivity index (χ4v) is 5.05. The quantitative estimate of drug-likeness (QED) is 0.224. The number of morpholine rings is 1. The molecule has 3 amide bonds. The fourth-order valence-electron chi connectivity index (χ4n) is 5.05. The number of aryl methyl sites for hydroxylation is 1. The highest BCUT2D eigenvalue weighted by Gasteiger charge is 2.19. The number of rotatable bonds is 6. The first kappa shape index (κ1) is 27.8. The van der Waals surface area contributed by atoms with E-state index in [4.69, 9.17) is 14.7 Å². The summed E-state index contributed by atoms with van der Waals surface area (Å²) in [6.45, 7) is 6.25. The summed E-state index contributed by atoms with van der Waals surface area (Å²) in [4.78, 5) is 40.5. The van der Waals surface area contributed by atoms with E-state index in [0.717, 1.165) is 52.2 Å². The zero-order chi connectivity index (χ0) is 29.8. The van der Waals surface area contributed by atoms with E-state index in [1.807, 2.05) is 37.3 Å². The molecule has 216 valence electrons. The highest BCUT2D eigenvalue weighted by atomic mass is 16.5. The predicted octanol–water partition coefficient (Wildman–Crippen LogP) is 6.11. The van der Waals surface area contributed by atoms with Gasteiger partial charge in [-0.25, -0.2) is 14.8 Å². The van der Waals surface area contributed by atoms with E-state index >= 15 is 0 Å². The van der Waals surface area contributed by atoms with Gasteiger partial charge < -0.3 is 25.6 Å². The molecule has 0 saturated carbocycles. The number of ether oxygens (including phenoxy) is 1. The molecule has 0 spiro atoms. The maximum atomic E-state index is 12.6. The third-order valence-corrected chi connectivity index (χ3v) is 7.17. The minimum atomic E-state index is -0.380. The maximum Gasteiger partial charge on any atom is 0.323 e. The van der Waals surface area contributed by atoms with Crippen LogP contribution in [0.4, 0.5) is 27.7 Å². The Morgan fingerprint density at radius 1 is 0.791 bits per heavy atom. The molecular weight excluding hydrogens is 542 g/mol. The lowest BCUT2D eigenvalue weighted by Crippen LogP contribution is -2.37. The van der Waals surface area contributed by atoms with Crippen LogP contribution >= 0.6 is 0 Å². The molecule has 1 aliphatic heterocycles. The first-order valence-corrected chi connectivity index (χ1v) is 14.1. The third kappa shape index (κ3) is 6.44. The van der Waals surface area contributed by atoms with Gasteiger partial charge in [-0.05, 0) is 79.2 Å². The number of aromatic nitrogens is 3. The van der Waals surface area contributed by atoms with Crippen LogP contribution in [0.3, 0.4) is 0 Å². The van der Waals surface area contributed by atoms with Gasteiger partial charge in [0.05, 0.1) is 18.7 Å². The van der Waals surface area contributed by atoms with E-state index < -0.39 is 0 Å². The zero-order valence-corrected chi connectivity index (χ0v) is 23.9. The Hall–Kier alpha value is -5.35. The highest BCUT2D eigenvalue weighted by molar-refractivity contribution is 6.00. The van der Waals surface area contributed by atoms with E-state index in [-0.39, 0.29) is 11.9 Å². The van der Waals surface area contributed by atoms with E-state index in [9.17, 15) is 9.59 Å². The number of carbonyl (C=O) groups excluding carboxylic acids is 2. The molecule has 10 nitrogen and oxygen atoms in total. The monoisotopic (exact) mass is 573 g/mol. The average molecular weight is 574 g/mol. The lowest BCUT2D eigenvalue weighted by Gasteiger charge is -2.29. The number of pyridine rings is 1. The van der Waals surface area contributed by atoms with Crippen LogP contribution in [0, 0.1) is 6.92 Å². The number of hydrogen-bond donors (Lipinski definition) is 3. The van der Waals surface area contributed by atoms with Crippen molar-refractivity contribution in [2.75, 3.05) is 47.2 Å². The largest absolute Gasteiger partial charge is 0.378 e. The highest BCUT2D eigenvalue weighted by Crippen LogP contribution is 2.32. The Labute approximate surface area is 249 Å². The zero-order valence-electron chi connectivity index (χ0n) is 23.9. The average Bonchev–Trinajstić information content (AvgIpc) is 3.02. The van der Waals surface area contributed by atoms with Crippen LogP contribution in [0.2, 0.25) is 0 Å². The molecule has 0 bridgehead atoms. The first-order valence-electron chi connectivity index (χ1n) is 14.1. The lowest BCUT2D eigenvalue weighted by atomic mass is 10.0. The van der Waals surface area contributed by atoms with Gasteiger partial charge >= 0.3 is 6.03 Å². The molecule has 1 aliphatic rings. The van der Waals surface area contributed by atoms with Crippen molar-refractivity contribution in [2.24, 2.45) is 0 Å². The fraction of sp³-hybridized carbons (Fsp3) is 0.182. The van der Waals surface area contributed by atoms with Gasteiger partial charge in [-0.2, -0.15) is 0 Å². The van der Waals surface area contributed by atoms with Crippen molar-refractivity contribution >= 4 is 45.7 Å². The number of amides is 3. The van der Waals surface area contributed by atoms with Crippen LogP contribution in [0.5, 0.6) is 0 Å². The van der Waals surface area contributed by atoms with Crippen molar-refractivity contribution in [3.8, 4) is 22.5 Å². The molecule has 3 heterocycles. The van der Waals surface area contributed by atoms with Gasteiger partial charge in [0.1, 0.15) is 5.82 Å². The Morgan fingerprint density at radius 2 is 1.42 bits per heavy atom. The molecule has 0 radical (unpaired) electrons. The summed E-state index contributed by atoms with van der Waals surface area (Å²) >= 11 is 0. The number of nitrogens with one attached hydrogen (secondary N) is 3. The van der Waals surface area contributed by atoms with Crippen molar-refractivity contribution in [1.29, 1.82) is 0 Å². The maximum absolute atomic E-state index is 12.6. The summed E-state index contributed by atoms with van der Waals surface area (Å²) in [5, 5.41) is 9.33. The van der Waals surface area contributed by atoms with Crippen LogP contribution in [0.15, 0.2) is 85.1 Å². The summed E-state index contributed by atoms with van der Waals surface area (Å²) in [6, 6.07) is 24.2. The Bertz CT molecular complexity index is 1780. The number of hydrogen-bond acceptors (Lipinski definition) is 7. The molecule has 6 rings (SSSR count). The lowest BCUT2D eigenvalue weighted by molar-refractivity contribution is -0.114. The molecule has 1 saturated heterocycles. The summed E-state index contributed by atoms with van der Waals surface area (Å²) in [5.74, 6) is 1.33. The number of fused-ring (bicyclic) bond motifs is 1. The van der Waals surface area contributed by atoms with Crippen LogP contribution in [0.25, 0.3) is 33.4 Å². The SMILES string of the molecule is CC(=O)Nc1ccc(NC(=O)Nc2ccc(-c3nc(N4CCOCC4)c4ccc(-c5cccnc5C)cc4n3)cc2)cc1. The van der Waals surface area contributed by atoms with Gasteiger partial charge in [-0.1, -0.05) is 12.1 Å². The molecule has 0 atom stereocenters. The van der Waals surface area contributed by atoms with Crippen molar-refractivity contribution in [3.63, 3.8) is 0 Å². The molecule has 5 aromatic rings. The summed E-state index contributed by atoms with van der Waals surface area (Å²) in [7, 11) is 0. The standard InChI is InChI=1S/C33H31N7O3/c1-21-28(4-3-15-34-21)24-7-14-29-30(20-24)38-31(39-32(29)40-16-18-43-19-17-40)23-5-8-26(9-6-23)36-33(42)37-27-12-10-25(11-13-27)35-22(2)41/h3-15,20H,16-19H2,1-2H3,(H,35,41)(H2,36,37,42). The predicted molar refractivity (Wildman–Crippen MR) is 169 cm³/mol. The van der Waals surface area contributed by atoms with Gasteiger partial charge in [0.2, 0.25) is 5.91 Å². The van der Waals surface area contributed by atoms with Crippen LogP contribution < -0.4 is 20.9 Å². The number of nitrogens with zero attached hydrogens (tertiary/aromatic N) is 4. The second-order valence-electron chi connectivity index (χ2n) is 10.3. The second kappa shape index (κ2) is 12.3. The molecule has 3 aromatic carbocycles. The summed E-state index contributed by atoms with van der Waals surface area (Å²) < 4.78 is 5.59. The number of anilines is 4. The molecule has 43 heavy (non-hydrogen) atoms. The minimum Gasteiger partial charge on any atom is -0.378 e. The first-order chi connectivity index (χ1) is 20.9. The number of benzene rings is 3. The molecule has 0 aliphatic carbocycles. The van der Waals surface area contributed by atoms with Gasteiger partial charge in [-0.3, -0.25) is 9.78 Å². The van der Waals surface area contributed by atoms with E-state index in [2.05, 4.69) is 50.1 Å². The second-order valence-corrected chi connectivity index (χ2v) is 10.3. The molecule has 0 unspecified atom stereocenters. The molecule has 10 heteroatoms. The Kier molecular flexibility index (Phi) is 7.92. The molecule has 3 N–H and O–H groups in total. The van der Waals surface area contributed by atoms with Gasteiger partial charge in [-0.15, -0.1) is 0 Å². The third-order valence-electron chi connectivity index (χ3n) is 7.17.